The Morgan fingerprint density at radius 1 is 1.15 bits per heavy atom. The fourth-order valence-electron chi connectivity index (χ4n) is 5.94. The maximum atomic E-state index is 15.6. The van der Waals surface area contributed by atoms with Gasteiger partial charge in [-0.1, -0.05) is 25.2 Å². The van der Waals surface area contributed by atoms with Crippen molar-refractivity contribution >= 4 is 17.2 Å². The molecule has 2 aliphatic rings. The van der Waals surface area contributed by atoms with Gasteiger partial charge in [-0.3, -0.25) is 19.5 Å². The molecule has 10 nitrogen and oxygen atoms in total. The molecule has 0 radical (unpaired) electrons. The Kier molecular flexibility index (Phi) is 10.0. The Bertz CT molecular complexity index is 1770. The first-order valence-electron chi connectivity index (χ1n) is 15.9. The highest BCUT2D eigenvalue weighted by atomic mass is 32.1. The van der Waals surface area contributed by atoms with E-state index in [9.17, 15) is 9.59 Å². The van der Waals surface area contributed by atoms with Gasteiger partial charge >= 0.3 is 0 Å². The number of alkyl halides is 1. The molecule has 1 amide bonds. The van der Waals surface area contributed by atoms with E-state index < -0.39 is 23.9 Å². The lowest BCUT2D eigenvalue weighted by atomic mass is 9.98. The topological polar surface area (TPSA) is 111 Å². The minimum atomic E-state index is -1.29. The fraction of sp³-hybridized carbons (Fsp3) is 0.441. The highest BCUT2D eigenvalue weighted by Gasteiger charge is 2.34. The van der Waals surface area contributed by atoms with Crippen LogP contribution in [0.3, 0.4) is 0 Å². The van der Waals surface area contributed by atoms with E-state index in [1.54, 1.807) is 25.3 Å². The number of benzene rings is 2. The van der Waals surface area contributed by atoms with Gasteiger partial charge in [0.05, 0.1) is 30.0 Å². The van der Waals surface area contributed by atoms with Gasteiger partial charge < -0.3 is 19.4 Å². The minimum Gasteiger partial charge on any atom is -0.457 e. The third kappa shape index (κ3) is 7.74. The normalized spacial score (nSPS) is 19.2. The molecule has 2 aromatic carbocycles. The summed E-state index contributed by atoms with van der Waals surface area (Å²) in [6, 6.07) is 9.23. The summed E-state index contributed by atoms with van der Waals surface area (Å²) in [6.07, 6.45) is 3.61. The van der Waals surface area contributed by atoms with Crippen LogP contribution in [0.4, 0.5) is 8.78 Å². The third-order valence-electron chi connectivity index (χ3n) is 8.60. The average Bonchev–Trinajstić information content (AvgIpc) is 3.57. The lowest BCUT2D eigenvalue weighted by Gasteiger charge is -2.41. The van der Waals surface area contributed by atoms with Crippen LogP contribution in [0.2, 0.25) is 0 Å². The molecule has 1 N–H and O–H groups in total. The number of likely N-dealkylation sites (tertiary alicyclic amines) is 1. The summed E-state index contributed by atoms with van der Waals surface area (Å²) in [7, 11) is 0. The van der Waals surface area contributed by atoms with Gasteiger partial charge in [0, 0.05) is 55.6 Å². The summed E-state index contributed by atoms with van der Waals surface area (Å²) in [5, 5.41) is 13.0. The number of carbonyl (C=O) groups excluding carboxylic acids is 1. The Labute approximate surface area is 275 Å². The zero-order valence-corrected chi connectivity index (χ0v) is 27.4. The summed E-state index contributed by atoms with van der Waals surface area (Å²) >= 11 is 1.52. The highest BCUT2D eigenvalue weighted by Crippen LogP contribution is 2.33. The maximum Gasteiger partial charge on any atom is 0.269 e. The molecular weight excluding hydrogens is 626 g/mol. The lowest BCUT2D eigenvalue weighted by Crippen LogP contribution is -2.55. The smallest absolute Gasteiger partial charge is 0.269 e. The molecule has 2 unspecified atom stereocenters. The molecule has 6 rings (SSSR count). The van der Waals surface area contributed by atoms with Crippen molar-refractivity contribution in [1.29, 1.82) is 0 Å². The first-order valence-corrected chi connectivity index (χ1v) is 16.7. The quantitative estimate of drug-likeness (QED) is 0.250. The van der Waals surface area contributed by atoms with Gasteiger partial charge in [-0.15, -0.1) is 10.2 Å². The van der Waals surface area contributed by atoms with Crippen molar-refractivity contribution in [3.63, 3.8) is 0 Å². The van der Waals surface area contributed by atoms with Crippen molar-refractivity contribution in [2.24, 2.45) is 0 Å². The number of amides is 1. The molecule has 2 atom stereocenters. The monoisotopic (exact) mass is 664 g/mol. The van der Waals surface area contributed by atoms with Gasteiger partial charge in [0.2, 0.25) is 0 Å². The van der Waals surface area contributed by atoms with Crippen molar-refractivity contribution in [2.45, 2.75) is 70.8 Å². The van der Waals surface area contributed by atoms with Crippen molar-refractivity contribution in [3.05, 3.63) is 86.8 Å². The summed E-state index contributed by atoms with van der Waals surface area (Å²) in [5.74, 6) is -0.634. The first kappa shape index (κ1) is 32.9. The Balaban J connectivity index is 1.23. The summed E-state index contributed by atoms with van der Waals surface area (Å²) in [6.45, 7) is 8.02. The molecular formula is C34H38F2N6O4S. The number of nitrogens with one attached hydrogen (secondary N) is 1. The van der Waals surface area contributed by atoms with Crippen molar-refractivity contribution < 1.29 is 23.0 Å². The van der Waals surface area contributed by atoms with E-state index >= 15 is 8.78 Å². The number of carbonyl (C=O) groups is 1. The average molecular weight is 665 g/mol. The predicted molar refractivity (Wildman–Crippen MR) is 174 cm³/mol. The largest absolute Gasteiger partial charge is 0.457 e. The zero-order chi connectivity index (χ0) is 33.1. The standard InChI is InChI=1S/C34H38F2N6O4S/c1-20(2)33-39-40-34(47-33)22-4-6-25(7-5-22)46-30-15-26(27(35)14-23(30)18-42-17-21(3)37-16-31(42)43)32(44)38-29-8-11-41(19-28(29)36)24-9-12-45-13-10-24/h4-7,14-17,20,24,28-29H,8-13,18-19H2,1-3H3,(H,38,44). The number of hydrogen-bond acceptors (Lipinski definition) is 9. The minimum absolute atomic E-state index is 0.0194. The molecule has 0 saturated carbocycles. The van der Waals surface area contributed by atoms with Crippen LogP contribution in [0.5, 0.6) is 11.5 Å². The molecule has 0 spiro atoms. The number of aryl methyl sites for hydroxylation is 1. The van der Waals surface area contributed by atoms with E-state index in [-0.39, 0.29) is 41.9 Å². The number of hydrogen-bond donors (Lipinski definition) is 1. The van der Waals surface area contributed by atoms with Crippen LogP contribution in [0, 0.1) is 12.7 Å². The number of halogens is 2. The number of aromatic nitrogens is 4. The lowest BCUT2D eigenvalue weighted by molar-refractivity contribution is 0.00512. The van der Waals surface area contributed by atoms with Gasteiger partial charge in [0.1, 0.15) is 33.5 Å². The third-order valence-corrected chi connectivity index (χ3v) is 9.87. The van der Waals surface area contributed by atoms with Gasteiger partial charge in [-0.2, -0.15) is 0 Å². The van der Waals surface area contributed by atoms with Gasteiger partial charge in [-0.25, -0.2) is 8.78 Å². The van der Waals surface area contributed by atoms with Gasteiger partial charge in [0.15, 0.2) is 0 Å². The Morgan fingerprint density at radius 2 is 1.91 bits per heavy atom. The van der Waals surface area contributed by atoms with Crippen molar-refractivity contribution in [2.75, 3.05) is 26.3 Å². The zero-order valence-electron chi connectivity index (χ0n) is 26.6. The van der Waals surface area contributed by atoms with E-state index in [1.165, 1.54) is 34.2 Å². The highest BCUT2D eigenvalue weighted by molar-refractivity contribution is 7.14. The van der Waals surface area contributed by atoms with Crippen LogP contribution in [-0.4, -0.2) is 75.1 Å². The van der Waals surface area contributed by atoms with Crippen LogP contribution in [0.1, 0.15) is 65.7 Å². The van der Waals surface area contributed by atoms with E-state index in [0.717, 1.165) is 28.4 Å². The van der Waals surface area contributed by atoms with Crippen LogP contribution < -0.4 is 15.6 Å². The van der Waals surface area contributed by atoms with Crippen LogP contribution in [-0.2, 0) is 11.3 Å². The second-order valence-corrected chi connectivity index (χ2v) is 13.4. The predicted octanol–water partition coefficient (Wildman–Crippen LogP) is 5.49. The molecule has 2 aromatic heterocycles. The van der Waals surface area contributed by atoms with Crippen molar-refractivity contribution in [3.8, 4) is 22.1 Å². The SMILES string of the molecule is Cc1cn(Cc2cc(F)c(C(=O)NC3CCN(C4CCOCC4)CC3F)cc2Oc2ccc(-c3nnc(C(C)C)s3)cc2)c(=O)cn1. The molecule has 0 aliphatic carbocycles. The molecule has 248 valence electrons. The molecule has 4 aromatic rings. The summed E-state index contributed by atoms with van der Waals surface area (Å²) < 4.78 is 44.0. The number of piperidine rings is 1. The second kappa shape index (κ2) is 14.4. The number of rotatable bonds is 9. The summed E-state index contributed by atoms with van der Waals surface area (Å²) in [5.41, 5.74) is 1.18. The molecule has 47 heavy (non-hydrogen) atoms. The molecule has 2 saturated heterocycles. The van der Waals surface area contributed by atoms with E-state index in [4.69, 9.17) is 9.47 Å². The van der Waals surface area contributed by atoms with Crippen molar-refractivity contribution in [1.82, 2.24) is 30.0 Å². The molecule has 2 fully saturated rings. The number of ether oxygens (including phenoxy) is 2. The van der Waals surface area contributed by atoms with E-state index in [1.807, 2.05) is 12.1 Å². The summed E-state index contributed by atoms with van der Waals surface area (Å²) in [4.78, 5) is 32.1. The van der Waals surface area contributed by atoms with E-state index in [2.05, 4.69) is 39.2 Å². The second-order valence-electron chi connectivity index (χ2n) is 12.4. The number of nitrogens with zero attached hydrogens (tertiary/aromatic N) is 5. The molecule has 2 aliphatic heterocycles. The Morgan fingerprint density at radius 3 is 2.62 bits per heavy atom. The molecule has 0 bridgehead atoms. The Hall–Kier alpha value is -4.07. The van der Waals surface area contributed by atoms with Crippen LogP contribution in [0.25, 0.3) is 10.6 Å². The van der Waals surface area contributed by atoms with Crippen LogP contribution >= 0.6 is 11.3 Å². The first-order chi connectivity index (χ1) is 22.6. The fourth-order valence-corrected chi connectivity index (χ4v) is 6.79. The van der Waals surface area contributed by atoms with Gasteiger partial charge in [-0.05, 0) is 62.6 Å². The molecule has 4 heterocycles. The van der Waals surface area contributed by atoms with Gasteiger partial charge in [0.25, 0.3) is 11.5 Å². The molecule has 13 heteroatoms. The van der Waals surface area contributed by atoms with E-state index in [0.29, 0.717) is 43.2 Å². The van der Waals surface area contributed by atoms with Crippen LogP contribution in [0.15, 0.2) is 53.6 Å². The maximum absolute atomic E-state index is 15.6.